The highest BCUT2D eigenvalue weighted by Crippen LogP contribution is 2.12. The van der Waals surface area contributed by atoms with E-state index in [4.69, 9.17) is 4.74 Å². The Morgan fingerprint density at radius 1 is 1.60 bits per heavy atom. The van der Waals surface area contributed by atoms with Crippen LogP contribution in [0.1, 0.15) is 27.2 Å². The fourth-order valence-corrected chi connectivity index (χ4v) is 1.33. The van der Waals surface area contributed by atoms with E-state index in [1.165, 1.54) is 5.57 Å². The molecule has 0 aliphatic carbocycles. The summed E-state index contributed by atoms with van der Waals surface area (Å²) in [7, 11) is 0. The summed E-state index contributed by atoms with van der Waals surface area (Å²) in [6, 6.07) is 0. The highest BCUT2D eigenvalue weighted by Gasteiger charge is 2.13. The van der Waals surface area contributed by atoms with E-state index in [2.05, 4.69) is 18.3 Å². The number of hydrogen-bond acceptors (Lipinski definition) is 2. The van der Waals surface area contributed by atoms with E-state index in [1.54, 1.807) is 0 Å². The zero-order chi connectivity index (χ0) is 11.3. The lowest BCUT2D eigenvalue weighted by atomic mass is 10.1. The molecule has 0 unspecified atom stereocenters. The topological polar surface area (TPSA) is 38.3 Å². The molecule has 1 amide bonds. The molecule has 0 atom stereocenters. The molecule has 1 aliphatic heterocycles. The molecular formula is C12H17NO2. The van der Waals surface area contributed by atoms with Crippen molar-refractivity contribution in [3.63, 3.8) is 0 Å². The van der Waals surface area contributed by atoms with Crippen molar-refractivity contribution in [1.82, 2.24) is 5.32 Å². The number of allylic oxidation sites excluding steroid dienone is 5. The van der Waals surface area contributed by atoms with Crippen molar-refractivity contribution < 1.29 is 9.53 Å². The van der Waals surface area contributed by atoms with Gasteiger partial charge in [-0.15, -0.1) is 0 Å². The maximum atomic E-state index is 11.0. The van der Waals surface area contributed by atoms with Gasteiger partial charge in [0.15, 0.2) is 6.61 Å². The lowest BCUT2D eigenvalue weighted by Gasteiger charge is -2.17. The molecule has 0 bridgehead atoms. The Kier molecular flexibility index (Phi) is 4.16. The summed E-state index contributed by atoms with van der Waals surface area (Å²) < 4.78 is 5.30. The van der Waals surface area contributed by atoms with Gasteiger partial charge in [-0.05, 0) is 26.3 Å². The van der Waals surface area contributed by atoms with Gasteiger partial charge >= 0.3 is 0 Å². The maximum absolute atomic E-state index is 11.0. The molecule has 3 heteroatoms. The van der Waals surface area contributed by atoms with Gasteiger partial charge in [0.1, 0.15) is 5.76 Å². The molecule has 0 saturated heterocycles. The average Bonchev–Trinajstić information content (AvgIpc) is 2.22. The zero-order valence-corrected chi connectivity index (χ0v) is 9.46. The molecule has 82 valence electrons. The molecule has 1 N–H and O–H groups in total. The smallest absolute Gasteiger partial charge is 0.262 e. The Balaban J connectivity index is 2.73. The van der Waals surface area contributed by atoms with Crippen molar-refractivity contribution in [3.05, 3.63) is 35.3 Å². The molecule has 0 aromatic heterocycles. The first-order valence-electron chi connectivity index (χ1n) is 5.14. The number of hydrogen-bond donors (Lipinski definition) is 1. The second-order valence-electron chi connectivity index (χ2n) is 3.38. The van der Waals surface area contributed by atoms with Crippen molar-refractivity contribution in [2.75, 3.05) is 6.61 Å². The number of ether oxygens (including phenoxy) is 1. The fraction of sp³-hybridized carbons (Fsp3) is 0.417. The van der Waals surface area contributed by atoms with Crippen molar-refractivity contribution >= 4 is 5.91 Å². The molecule has 0 aromatic rings. The minimum Gasteiger partial charge on any atom is -0.482 e. The van der Waals surface area contributed by atoms with Gasteiger partial charge in [-0.1, -0.05) is 24.6 Å². The summed E-state index contributed by atoms with van der Waals surface area (Å²) in [6.07, 6.45) is 6.96. The van der Waals surface area contributed by atoms with Crippen LogP contribution in [0.15, 0.2) is 35.3 Å². The number of amides is 1. The molecule has 1 aliphatic rings. The van der Waals surface area contributed by atoms with Crippen molar-refractivity contribution in [2.45, 2.75) is 27.2 Å². The second-order valence-corrected chi connectivity index (χ2v) is 3.38. The van der Waals surface area contributed by atoms with Crippen LogP contribution < -0.4 is 5.32 Å². The number of carbonyl (C=O) groups is 1. The van der Waals surface area contributed by atoms with E-state index in [0.717, 1.165) is 17.9 Å². The number of carbonyl (C=O) groups excluding carboxylic acids is 1. The first kappa shape index (κ1) is 11.6. The first-order chi connectivity index (χ1) is 7.17. The van der Waals surface area contributed by atoms with Gasteiger partial charge < -0.3 is 10.1 Å². The largest absolute Gasteiger partial charge is 0.482 e. The monoisotopic (exact) mass is 207 g/mol. The quantitative estimate of drug-likeness (QED) is 0.721. The molecule has 1 rings (SSSR count). The fourth-order valence-electron chi connectivity index (χ4n) is 1.33. The van der Waals surface area contributed by atoms with Crippen LogP contribution in [-0.2, 0) is 9.53 Å². The number of rotatable bonds is 3. The van der Waals surface area contributed by atoms with Gasteiger partial charge in [0.05, 0.1) is 5.70 Å². The minimum atomic E-state index is -0.0913. The summed E-state index contributed by atoms with van der Waals surface area (Å²) in [5, 5.41) is 2.73. The van der Waals surface area contributed by atoms with Crippen LogP contribution >= 0.6 is 0 Å². The van der Waals surface area contributed by atoms with E-state index in [0.29, 0.717) is 0 Å². The molecule has 0 radical (unpaired) electrons. The molecule has 3 nitrogen and oxygen atoms in total. The van der Waals surface area contributed by atoms with Crippen LogP contribution in [0, 0.1) is 0 Å². The Labute approximate surface area is 90.5 Å². The second kappa shape index (κ2) is 5.39. The predicted molar refractivity (Wildman–Crippen MR) is 60.0 cm³/mol. The molecule has 15 heavy (non-hydrogen) atoms. The maximum Gasteiger partial charge on any atom is 0.262 e. The predicted octanol–water partition coefficient (Wildman–Crippen LogP) is 2.28. The molecule has 1 heterocycles. The zero-order valence-electron chi connectivity index (χ0n) is 9.46. The molecule has 0 spiro atoms. The highest BCUT2D eigenvalue weighted by atomic mass is 16.5. The van der Waals surface area contributed by atoms with Gasteiger partial charge in [-0.3, -0.25) is 4.79 Å². The average molecular weight is 207 g/mol. The summed E-state index contributed by atoms with van der Waals surface area (Å²) in [6.45, 7) is 6.05. The Hall–Kier alpha value is -1.51. The Bertz CT molecular complexity index is 338. The van der Waals surface area contributed by atoms with Crippen molar-refractivity contribution in [3.8, 4) is 0 Å². The lowest BCUT2D eigenvalue weighted by molar-refractivity contribution is -0.124. The van der Waals surface area contributed by atoms with E-state index in [9.17, 15) is 4.79 Å². The highest BCUT2D eigenvalue weighted by molar-refractivity contribution is 5.80. The van der Waals surface area contributed by atoms with Gasteiger partial charge in [-0.2, -0.15) is 0 Å². The Morgan fingerprint density at radius 2 is 2.33 bits per heavy atom. The van der Waals surface area contributed by atoms with E-state index < -0.39 is 0 Å². The third-order valence-electron chi connectivity index (χ3n) is 2.28. The molecule has 0 aromatic carbocycles. The van der Waals surface area contributed by atoms with Crippen LogP contribution in [0.2, 0.25) is 0 Å². The minimum absolute atomic E-state index is 0.0913. The SMILES string of the molecule is C/C=C(\C=C/C1=C(C)NC(=O)CO1)CC. The third kappa shape index (κ3) is 3.27. The standard InChI is InChI=1S/C12H17NO2/c1-4-10(5-2)6-7-11-9(3)13-12(14)8-15-11/h4,6-7H,5,8H2,1-3H3,(H,13,14)/b7-6-,10-4-. The van der Waals surface area contributed by atoms with Gasteiger partial charge in [0.2, 0.25) is 0 Å². The lowest BCUT2D eigenvalue weighted by Crippen LogP contribution is -2.31. The van der Waals surface area contributed by atoms with Crippen LogP contribution in [0.25, 0.3) is 0 Å². The first-order valence-corrected chi connectivity index (χ1v) is 5.14. The van der Waals surface area contributed by atoms with Crippen LogP contribution in [-0.4, -0.2) is 12.5 Å². The van der Waals surface area contributed by atoms with Crippen molar-refractivity contribution in [1.29, 1.82) is 0 Å². The van der Waals surface area contributed by atoms with Crippen molar-refractivity contribution in [2.24, 2.45) is 0 Å². The third-order valence-corrected chi connectivity index (χ3v) is 2.28. The molecular weight excluding hydrogens is 190 g/mol. The summed E-state index contributed by atoms with van der Waals surface area (Å²) in [5.74, 6) is 0.647. The number of nitrogens with one attached hydrogen (secondary N) is 1. The Morgan fingerprint density at radius 3 is 2.87 bits per heavy atom. The molecule has 0 saturated carbocycles. The summed E-state index contributed by atoms with van der Waals surface area (Å²) in [5.41, 5.74) is 2.02. The van der Waals surface area contributed by atoms with E-state index in [-0.39, 0.29) is 12.5 Å². The van der Waals surface area contributed by atoms with E-state index in [1.807, 2.05) is 26.0 Å². The molecule has 0 fully saturated rings. The van der Waals surface area contributed by atoms with Gasteiger partial charge in [-0.25, -0.2) is 0 Å². The summed E-state index contributed by atoms with van der Waals surface area (Å²) >= 11 is 0. The summed E-state index contributed by atoms with van der Waals surface area (Å²) in [4.78, 5) is 11.0. The normalized spacial score (nSPS) is 18.1. The van der Waals surface area contributed by atoms with Crippen LogP contribution in [0.4, 0.5) is 0 Å². The van der Waals surface area contributed by atoms with Crippen LogP contribution in [0.5, 0.6) is 0 Å². The van der Waals surface area contributed by atoms with E-state index >= 15 is 0 Å². The van der Waals surface area contributed by atoms with Gasteiger partial charge in [0.25, 0.3) is 5.91 Å². The van der Waals surface area contributed by atoms with Crippen LogP contribution in [0.3, 0.4) is 0 Å². The van der Waals surface area contributed by atoms with Gasteiger partial charge in [0, 0.05) is 0 Å².